The minimum atomic E-state index is -0.136. The Morgan fingerprint density at radius 3 is 2.28 bits per heavy atom. The molecule has 3 heteroatoms. The fraction of sp³-hybridized carbons (Fsp3) is 0.227. The zero-order valence-corrected chi connectivity index (χ0v) is 14.8. The van der Waals surface area contributed by atoms with Gasteiger partial charge in [-0.15, -0.1) is 0 Å². The van der Waals surface area contributed by atoms with Crippen molar-refractivity contribution in [2.24, 2.45) is 5.92 Å². The lowest BCUT2D eigenvalue weighted by molar-refractivity contribution is -0.120. The molecule has 0 aliphatic carbocycles. The molecule has 0 fully saturated rings. The van der Waals surface area contributed by atoms with Crippen molar-refractivity contribution in [3.63, 3.8) is 0 Å². The smallest absolute Gasteiger partial charge is 0.135 e. The molecule has 3 aromatic carbocycles. The first-order valence-electron chi connectivity index (χ1n) is 8.48. The molecule has 0 unspecified atom stereocenters. The fourth-order valence-corrected chi connectivity index (χ4v) is 3.00. The van der Waals surface area contributed by atoms with Gasteiger partial charge >= 0.3 is 0 Å². The standard InChI is InChI=1S/C22H23NO2/c1-15(16(2)24)22(23-20-10-12-21(25-3)13-11-20)19-9-8-17-6-4-5-7-18(17)14-19/h4-15,22-23H,1-3H3/t15-,22+/m1/s1. The Bertz CT molecular complexity index is 871. The molecule has 0 amide bonds. The summed E-state index contributed by atoms with van der Waals surface area (Å²) in [5.41, 5.74) is 2.07. The van der Waals surface area contributed by atoms with Crippen molar-refractivity contribution >= 4 is 22.2 Å². The number of hydrogen-bond acceptors (Lipinski definition) is 3. The molecule has 0 aromatic heterocycles. The van der Waals surface area contributed by atoms with Crippen LogP contribution in [-0.2, 0) is 4.79 Å². The molecule has 0 heterocycles. The highest BCUT2D eigenvalue weighted by molar-refractivity contribution is 5.84. The van der Waals surface area contributed by atoms with Crippen LogP contribution in [-0.4, -0.2) is 12.9 Å². The number of nitrogens with one attached hydrogen (secondary N) is 1. The van der Waals surface area contributed by atoms with E-state index in [9.17, 15) is 4.79 Å². The summed E-state index contributed by atoms with van der Waals surface area (Å²) in [7, 11) is 1.65. The Morgan fingerprint density at radius 1 is 0.960 bits per heavy atom. The quantitative estimate of drug-likeness (QED) is 0.671. The summed E-state index contributed by atoms with van der Waals surface area (Å²) in [6.45, 7) is 3.62. The highest BCUT2D eigenvalue weighted by atomic mass is 16.5. The SMILES string of the molecule is COc1ccc(N[C@H](c2ccc3ccccc3c2)[C@H](C)C(C)=O)cc1. The van der Waals surface area contributed by atoms with Gasteiger partial charge in [-0.05, 0) is 53.6 Å². The van der Waals surface area contributed by atoms with Gasteiger partial charge in [0.2, 0.25) is 0 Å². The van der Waals surface area contributed by atoms with Crippen molar-refractivity contribution in [3.05, 3.63) is 72.3 Å². The van der Waals surface area contributed by atoms with Crippen molar-refractivity contribution in [3.8, 4) is 5.75 Å². The van der Waals surface area contributed by atoms with Gasteiger partial charge in [0.15, 0.2) is 0 Å². The van der Waals surface area contributed by atoms with E-state index in [0.717, 1.165) is 17.0 Å². The maximum Gasteiger partial charge on any atom is 0.135 e. The monoisotopic (exact) mass is 333 g/mol. The van der Waals surface area contributed by atoms with Crippen molar-refractivity contribution in [2.45, 2.75) is 19.9 Å². The molecule has 1 N–H and O–H groups in total. The number of benzene rings is 3. The van der Waals surface area contributed by atoms with Crippen molar-refractivity contribution < 1.29 is 9.53 Å². The third kappa shape index (κ3) is 3.82. The number of methoxy groups -OCH3 is 1. The summed E-state index contributed by atoms with van der Waals surface area (Å²) in [6, 6.07) is 22.3. The van der Waals surface area contributed by atoms with E-state index in [-0.39, 0.29) is 17.7 Å². The second kappa shape index (κ2) is 7.39. The molecule has 0 aliphatic heterocycles. The van der Waals surface area contributed by atoms with Gasteiger partial charge in [-0.2, -0.15) is 0 Å². The number of carbonyl (C=O) groups excluding carboxylic acids is 1. The number of anilines is 1. The molecule has 3 aromatic rings. The van der Waals surface area contributed by atoms with Gasteiger partial charge in [-0.3, -0.25) is 4.79 Å². The number of carbonyl (C=O) groups is 1. The first-order chi connectivity index (χ1) is 12.1. The molecule has 0 aliphatic rings. The van der Waals surface area contributed by atoms with Gasteiger partial charge in [0.05, 0.1) is 13.2 Å². The van der Waals surface area contributed by atoms with Crippen molar-refractivity contribution in [1.82, 2.24) is 0 Å². The van der Waals surface area contributed by atoms with E-state index in [2.05, 4.69) is 35.6 Å². The highest BCUT2D eigenvalue weighted by Crippen LogP contribution is 2.30. The average Bonchev–Trinajstić information content (AvgIpc) is 2.65. The molecule has 0 bridgehead atoms. The van der Waals surface area contributed by atoms with E-state index in [0.29, 0.717) is 0 Å². The van der Waals surface area contributed by atoms with Crippen molar-refractivity contribution in [2.75, 3.05) is 12.4 Å². The van der Waals surface area contributed by atoms with Crippen molar-refractivity contribution in [1.29, 1.82) is 0 Å². The van der Waals surface area contributed by atoms with Gasteiger partial charge in [-0.1, -0.05) is 43.3 Å². The van der Waals surface area contributed by atoms with Crippen LogP contribution in [0, 0.1) is 5.92 Å². The number of hydrogen-bond donors (Lipinski definition) is 1. The first-order valence-corrected chi connectivity index (χ1v) is 8.48. The molecule has 2 atom stereocenters. The largest absolute Gasteiger partial charge is 0.497 e. The van der Waals surface area contributed by atoms with Gasteiger partial charge in [0, 0.05) is 11.6 Å². The normalized spacial score (nSPS) is 13.2. The Kier molecular flexibility index (Phi) is 5.03. The predicted molar refractivity (Wildman–Crippen MR) is 103 cm³/mol. The number of ether oxygens (including phenoxy) is 1. The van der Waals surface area contributed by atoms with Crippen LogP contribution in [0.15, 0.2) is 66.7 Å². The molecule has 0 saturated carbocycles. The van der Waals surface area contributed by atoms with E-state index in [1.807, 2.05) is 43.3 Å². The third-order valence-electron chi connectivity index (χ3n) is 4.69. The average molecular weight is 333 g/mol. The summed E-state index contributed by atoms with van der Waals surface area (Å²) in [4.78, 5) is 12.1. The Morgan fingerprint density at radius 2 is 1.64 bits per heavy atom. The summed E-state index contributed by atoms with van der Waals surface area (Å²) >= 11 is 0. The Hall–Kier alpha value is -2.81. The summed E-state index contributed by atoms with van der Waals surface area (Å²) in [6.07, 6.45) is 0. The number of fused-ring (bicyclic) bond motifs is 1. The molecular weight excluding hydrogens is 310 g/mol. The Labute approximate surface area is 148 Å². The minimum absolute atomic E-state index is 0.0875. The zero-order valence-electron chi connectivity index (χ0n) is 14.8. The van der Waals surface area contributed by atoms with E-state index >= 15 is 0 Å². The topological polar surface area (TPSA) is 38.3 Å². The van der Waals surface area contributed by atoms with Crippen LogP contribution in [0.5, 0.6) is 5.75 Å². The molecule has 3 nitrogen and oxygen atoms in total. The molecule has 0 saturated heterocycles. The lowest BCUT2D eigenvalue weighted by Gasteiger charge is -2.25. The van der Waals surface area contributed by atoms with Crippen LogP contribution in [0.1, 0.15) is 25.5 Å². The van der Waals surface area contributed by atoms with E-state index in [1.165, 1.54) is 10.8 Å². The molecule has 3 rings (SSSR count). The van der Waals surface area contributed by atoms with Crippen LogP contribution in [0.4, 0.5) is 5.69 Å². The number of ketones is 1. The van der Waals surface area contributed by atoms with E-state index in [1.54, 1.807) is 14.0 Å². The maximum atomic E-state index is 12.1. The third-order valence-corrected chi connectivity index (χ3v) is 4.69. The van der Waals surface area contributed by atoms with Crippen LogP contribution < -0.4 is 10.1 Å². The lowest BCUT2D eigenvalue weighted by Crippen LogP contribution is -2.24. The summed E-state index contributed by atoms with van der Waals surface area (Å²) in [5.74, 6) is 0.842. The minimum Gasteiger partial charge on any atom is -0.497 e. The summed E-state index contributed by atoms with van der Waals surface area (Å²) < 4.78 is 5.21. The van der Waals surface area contributed by atoms with Crippen LogP contribution >= 0.6 is 0 Å². The van der Waals surface area contributed by atoms with Gasteiger partial charge < -0.3 is 10.1 Å². The van der Waals surface area contributed by atoms with Gasteiger partial charge in [-0.25, -0.2) is 0 Å². The second-order valence-electron chi connectivity index (χ2n) is 6.36. The molecule has 25 heavy (non-hydrogen) atoms. The number of Topliss-reactive ketones (excluding diaryl/α,β-unsaturated/α-hetero) is 1. The summed E-state index contributed by atoms with van der Waals surface area (Å²) in [5, 5.41) is 5.89. The first kappa shape index (κ1) is 17.0. The molecular formula is C22H23NO2. The van der Waals surface area contributed by atoms with Crippen LogP contribution in [0.3, 0.4) is 0 Å². The molecule has 0 spiro atoms. The van der Waals surface area contributed by atoms with Crippen LogP contribution in [0.25, 0.3) is 10.8 Å². The van der Waals surface area contributed by atoms with E-state index in [4.69, 9.17) is 4.74 Å². The zero-order chi connectivity index (χ0) is 17.8. The highest BCUT2D eigenvalue weighted by Gasteiger charge is 2.23. The van der Waals surface area contributed by atoms with Gasteiger partial charge in [0.1, 0.15) is 11.5 Å². The molecule has 0 radical (unpaired) electrons. The number of rotatable bonds is 6. The second-order valence-corrected chi connectivity index (χ2v) is 6.36. The predicted octanol–water partition coefficient (Wildman–Crippen LogP) is 5.23. The lowest BCUT2D eigenvalue weighted by atomic mass is 9.90. The Balaban J connectivity index is 1.96. The maximum absolute atomic E-state index is 12.1. The molecule has 128 valence electrons. The van der Waals surface area contributed by atoms with Crippen LogP contribution in [0.2, 0.25) is 0 Å². The van der Waals surface area contributed by atoms with Gasteiger partial charge in [0.25, 0.3) is 0 Å². The fourth-order valence-electron chi connectivity index (χ4n) is 3.00. The van der Waals surface area contributed by atoms with E-state index < -0.39 is 0 Å².